The molecule has 13 heavy (non-hydrogen) atoms. The van der Waals surface area contributed by atoms with Crippen LogP contribution < -0.4 is 5.73 Å². The number of anilines is 1. The molecule has 0 aliphatic rings. The zero-order valence-corrected chi connectivity index (χ0v) is 8.30. The minimum Gasteiger partial charge on any atom is -0.389 e. The first-order chi connectivity index (χ1) is 6.18. The molecular formula is C8H10N4S. The second kappa shape index (κ2) is 2.85. The molecule has 0 saturated carbocycles. The standard InChI is InChI=1S/C8H10N4S/c1-5-11-7(8(9)13-5)6-3-10-4-12(6)2/h3-4H,9H2,1-2H3. The van der Waals surface area contributed by atoms with Crippen LogP contribution in [0, 0.1) is 6.92 Å². The van der Waals surface area contributed by atoms with Crippen LogP contribution in [0.1, 0.15) is 5.01 Å². The van der Waals surface area contributed by atoms with E-state index in [4.69, 9.17) is 5.73 Å². The number of aromatic nitrogens is 3. The van der Waals surface area contributed by atoms with Crippen LogP contribution in [0.4, 0.5) is 5.00 Å². The summed E-state index contributed by atoms with van der Waals surface area (Å²) in [6.07, 6.45) is 3.51. The van der Waals surface area contributed by atoms with Crippen LogP contribution in [0.2, 0.25) is 0 Å². The fourth-order valence-electron chi connectivity index (χ4n) is 1.21. The highest BCUT2D eigenvalue weighted by Gasteiger charge is 2.10. The summed E-state index contributed by atoms with van der Waals surface area (Å²) < 4.78 is 1.91. The second-order valence-corrected chi connectivity index (χ2v) is 4.07. The molecule has 0 fully saturated rings. The normalized spacial score (nSPS) is 10.6. The maximum Gasteiger partial charge on any atom is 0.123 e. The van der Waals surface area contributed by atoms with Crippen LogP contribution in [0.15, 0.2) is 12.5 Å². The van der Waals surface area contributed by atoms with Crippen LogP contribution in [-0.4, -0.2) is 14.5 Å². The van der Waals surface area contributed by atoms with Crippen molar-refractivity contribution in [1.82, 2.24) is 14.5 Å². The Balaban J connectivity index is 2.58. The summed E-state index contributed by atoms with van der Waals surface area (Å²) in [6, 6.07) is 0. The summed E-state index contributed by atoms with van der Waals surface area (Å²) >= 11 is 1.50. The number of rotatable bonds is 1. The largest absolute Gasteiger partial charge is 0.389 e. The zero-order valence-electron chi connectivity index (χ0n) is 7.48. The van der Waals surface area contributed by atoms with Crippen molar-refractivity contribution in [3.63, 3.8) is 0 Å². The highest BCUT2D eigenvalue weighted by molar-refractivity contribution is 7.16. The number of thiazole rings is 1. The summed E-state index contributed by atoms with van der Waals surface area (Å²) in [5, 5.41) is 1.73. The number of hydrogen-bond acceptors (Lipinski definition) is 4. The van der Waals surface area contributed by atoms with Crippen molar-refractivity contribution in [1.29, 1.82) is 0 Å². The lowest BCUT2D eigenvalue weighted by molar-refractivity contribution is 0.917. The van der Waals surface area contributed by atoms with Crippen molar-refractivity contribution in [2.24, 2.45) is 7.05 Å². The molecule has 5 heteroatoms. The van der Waals surface area contributed by atoms with Gasteiger partial charge in [0.25, 0.3) is 0 Å². The van der Waals surface area contributed by atoms with Gasteiger partial charge in [-0.2, -0.15) is 0 Å². The van der Waals surface area contributed by atoms with Gasteiger partial charge in [-0.25, -0.2) is 9.97 Å². The molecule has 2 rings (SSSR count). The lowest BCUT2D eigenvalue weighted by Gasteiger charge is -1.97. The summed E-state index contributed by atoms with van der Waals surface area (Å²) in [5.74, 6) is 0. The lowest BCUT2D eigenvalue weighted by atomic mass is 10.3. The number of nitrogens with zero attached hydrogens (tertiary/aromatic N) is 3. The van der Waals surface area contributed by atoms with Crippen molar-refractivity contribution >= 4 is 16.3 Å². The van der Waals surface area contributed by atoms with Gasteiger partial charge >= 0.3 is 0 Å². The molecule has 2 N–H and O–H groups in total. The van der Waals surface area contributed by atoms with Gasteiger partial charge < -0.3 is 10.3 Å². The van der Waals surface area contributed by atoms with Gasteiger partial charge in [-0.1, -0.05) is 0 Å². The van der Waals surface area contributed by atoms with E-state index in [1.807, 2.05) is 18.5 Å². The molecule has 68 valence electrons. The molecule has 0 radical (unpaired) electrons. The van der Waals surface area contributed by atoms with Crippen LogP contribution in [0.25, 0.3) is 11.4 Å². The summed E-state index contributed by atoms with van der Waals surface area (Å²) in [4.78, 5) is 8.37. The van der Waals surface area contributed by atoms with E-state index in [1.165, 1.54) is 11.3 Å². The third kappa shape index (κ3) is 1.31. The quantitative estimate of drug-likeness (QED) is 0.747. The molecule has 4 nitrogen and oxygen atoms in total. The first-order valence-corrected chi connectivity index (χ1v) is 4.69. The molecule has 0 aromatic carbocycles. The monoisotopic (exact) mass is 194 g/mol. The van der Waals surface area contributed by atoms with E-state index in [1.54, 1.807) is 12.5 Å². The van der Waals surface area contributed by atoms with Gasteiger partial charge in [-0.3, -0.25) is 0 Å². The van der Waals surface area contributed by atoms with Gasteiger partial charge in [0, 0.05) is 7.05 Å². The van der Waals surface area contributed by atoms with Crippen LogP contribution in [0.5, 0.6) is 0 Å². The topological polar surface area (TPSA) is 56.7 Å². The van der Waals surface area contributed by atoms with Crippen molar-refractivity contribution in [3.05, 3.63) is 17.5 Å². The van der Waals surface area contributed by atoms with E-state index in [0.29, 0.717) is 0 Å². The number of hydrogen-bond donors (Lipinski definition) is 1. The van der Waals surface area contributed by atoms with Crippen molar-refractivity contribution in [2.75, 3.05) is 5.73 Å². The molecule has 0 saturated heterocycles. The van der Waals surface area contributed by atoms with Gasteiger partial charge in [0.1, 0.15) is 10.7 Å². The fraction of sp³-hybridized carbons (Fsp3) is 0.250. The van der Waals surface area contributed by atoms with Gasteiger partial charge in [0.2, 0.25) is 0 Å². The molecule has 2 aromatic heterocycles. The Hall–Kier alpha value is -1.36. The Morgan fingerprint density at radius 1 is 1.54 bits per heavy atom. The van der Waals surface area contributed by atoms with Gasteiger partial charge in [0.05, 0.1) is 23.2 Å². The average Bonchev–Trinajstić information content (AvgIpc) is 2.58. The van der Waals surface area contributed by atoms with E-state index in [9.17, 15) is 0 Å². The summed E-state index contributed by atoms with van der Waals surface area (Å²) in [7, 11) is 1.93. The summed E-state index contributed by atoms with van der Waals surface area (Å²) in [5.41, 5.74) is 7.61. The highest BCUT2D eigenvalue weighted by Crippen LogP contribution is 2.29. The maximum atomic E-state index is 5.82. The number of imidazole rings is 1. The van der Waals surface area contributed by atoms with Crippen molar-refractivity contribution in [2.45, 2.75) is 6.92 Å². The SMILES string of the molecule is Cc1nc(-c2cncn2C)c(N)s1. The predicted molar refractivity (Wildman–Crippen MR) is 53.5 cm³/mol. The molecule has 0 bridgehead atoms. The van der Waals surface area contributed by atoms with E-state index in [2.05, 4.69) is 9.97 Å². The Labute approximate surface area is 80.1 Å². The molecule has 2 heterocycles. The second-order valence-electron chi connectivity index (χ2n) is 2.84. The van der Waals surface area contributed by atoms with Gasteiger partial charge in [-0.15, -0.1) is 11.3 Å². The lowest BCUT2D eigenvalue weighted by Crippen LogP contribution is -1.92. The Kier molecular flexibility index (Phi) is 1.81. The van der Waals surface area contributed by atoms with E-state index in [0.717, 1.165) is 21.4 Å². The van der Waals surface area contributed by atoms with E-state index >= 15 is 0 Å². The predicted octanol–water partition coefficient (Wildman–Crippen LogP) is 1.43. The van der Waals surface area contributed by atoms with E-state index in [-0.39, 0.29) is 0 Å². The van der Waals surface area contributed by atoms with Crippen LogP contribution in [0.3, 0.4) is 0 Å². The van der Waals surface area contributed by atoms with Crippen molar-refractivity contribution in [3.8, 4) is 11.4 Å². The molecule has 0 spiro atoms. The molecule has 2 aromatic rings. The summed E-state index contributed by atoms with van der Waals surface area (Å²) in [6.45, 7) is 1.95. The Morgan fingerprint density at radius 2 is 2.31 bits per heavy atom. The number of nitrogen functional groups attached to an aromatic ring is 1. The van der Waals surface area contributed by atoms with Crippen LogP contribution in [-0.2, 0) is 7.05 Å². The molecular weight excluding hydrogens is 184 g/mol. The molecule has 0 aliphatic heterocycles. The molecule has 0 unspecified atom stereocenters. The Morgan fingerprint density at radius 3 is 2.77 bits per heavy atom. The highest BCUT2D eigenvalue weighted by atomic mass is 32.1. The van der Waals surface area contributed by atoms with Crippen molar-refractivity contribution < 1.29 is 0 Å². The van der Waals surface area contributed by atoms with E-state index < -0.39 is 0 Å². The number of nitrogens with two attached hydrogens (primary N) is 1. The minimum absolute atomic E-state index is 0.751. The number of aryl methyl sites for hydroxylation is 2. The Bertz CT molecular complexity index is 429. The third-order valence-corrected chi connectivity index (χ3v) is 2.62. The molecule has 0 amide bonds. The smallest absolute Gasteiger partial charge is 0.123 e. The van der Waals surface area contributed by atoms with Gasteiger partial charge in [-0.05, 0) is 6.92 Å². The fourth-order valence-corrected chi connectivity index (χ4v) is 1.91. The third-order valence-electron chi connectivity index (χ3n) is 1.82. The maximum absolute atomic E-state index is 5.82. The minimum atomic E-state index is 0.751. The first-order valence-electron chi connectivity index (χ1n) is 3.88. The van der Waals surface area contributed by atoms with Gasteiger partial charge in [0.15, 0.2) is 0 Å². The average molecular weight is 194 g/mol. The molecule has 0 atom stereocenters. The first kappa shape index (κ1) is 8.25. The molecule has 0 aliphatic carbocycles. The zero-order chi connectivity index (χ0) is 9.42. The van der Waals surface area contributed by atoms with Crippen LogP contribution >= 0.6 is 11.3 Å².